The van der Waals surface area contributed by atoms with Crippen LogP contribution in [-0.4, -0.2) is 0 Å². The van der Waals surface area contributed by atoms with Gasteiger partial charge in [0.15, 0.2) is 0 Å². The third kappa shape index (κ3) is 3.29. The van der Waals surface area contributed by atoms with Crippen molar-refractivity contribution in [1.29, 1.82) is 0 Å². The van der Waals surface area contributed by atoms with Crippen molar-refractivity contribution in [1.82, 2.24) is 0 Å². The van der Waals surface area contributed by atoms with E-state index in [1.54, 1.807) is 5.92 Å². The molecule has 12 heavy (non-hydrogen) atoms. The first-order chi connectivity index (χ1) is 5.38. The fourth-order valence-electron chi connectivity index (χ4n) is 1.33. The molecular weight excluding hydrogens is 221 g/mol. The van der Waals surface area contributed by atoms with E-state index in [4.69, 9.17) is 0 Å². The summed E-state index contributed by atoms with van der Waals surface area (Å²) in [7, 11) is 0. The van der Waals surface area contributed by atoms with E-state index in [9.17, 15) is 0 Å². The Bertz CT molecular complexity index is 189. The van der Waals surface area contributed by atoms with E-state index in [0.717, 1.165) is 0 Å². The third-order valence-electron chi connectivity index (χ3n) is 2.04. The molecule has 0 aliphatic rings. The van der Waals surface area contributed by atoms with Crippen molar-refractivity contribution in [2.24, 2.45) is 0 Å². The quantitative estimate of drug-likeness (QED) is 0.705. The van der Waals surface area contributed by atoms with Crippen molar-refractivity contribution >= 4 is 0 Å². The van der Waals surface area contributed by atoms with Gasteiger partial charge in [-0.1, -0.05) is 32.8 Å². The molecule has 1 rings (SSSR count). The van der Waals surface area contributed by atoms with Crippen molar-refractivity contribution in [3.63, 3.8) is 0 Å². The van der Waals surface area contributed by atoms with Crippen LogP contribution >= 0.6 is 0 Å². The zero-order valence-corrected chi connectivity index (χ0v) is 10.7. The molecule has 1 aromatic carbocycles. The normalized spacial score (nSPS) is 8.83. The van der Waals surface area contributed by atoms with Gasteiger partial charge in [-0.25, -0.2) is 0 Å². The fraction of sp³-hybridized carbons (Fsp3) is 0.364. The van der Waals surface area contributed by atoms with Gasteiger partial charge in [-0.2, -0.15) is 23.6 Å². The molecule has 0 aliphatic carbocycles. The van der Waals surface area contributed by atoms with E-state index in [1.807, 2.05) is 0 Å². The van der Waals surface area contributed by atoms with Gasteiger partial charge in [0.05, 0.1) is 0 Å². The average molecular weight is 236 g/mol. The van der Waals surface area contributed by atoms with Crippen LogP contribution in [0, 0.1) is 5.92 Å². The summed E-state index contributed by atoms with van der Waals surface area (Å²) in [6.07, 6.45) is 2.33. The van der Waals surface area contributed by atoms with Crippen molar-refractivity contribution in [3.05, 3.63) is 41.8 Å². The van der Waals surface area contributed by atoms with E-state index in [0.29, 0.717) is 0 Å². The van der Waals surface area contributed by atoms with E-state index < -0.39 is 0 Å². The number of rotatable bonds is 3. The second-order valence-electron chi connectivity index (χ2n) is 2.68. The Balaban J connectivity index is 0.00000121. The van der Waals surface area contributed by atoms with Gasteiger partial charge in [0.25, 0.3) is 0 Å². The maximum atomic E-state index is 2.21. The molecule has 63 valence electrons. The van der Waals surface area contributed by atoms with Gasteiger partial charge >= 0.3 is 0 Å². The van der Waals surface area contributed by atoms with Crippen LogP contribution in [0.25, 0.3) is 0 Å². The molecule has 1 radical (unpaired) electrons. The molecule has 0 unspecified atom stereocenters. The number of hydrogen-bond donors (Lipinski definition) is 0. The molecule has 0 fully saturated rings. The van der Waals surface area contributed by atoms with Gasteiger partial charge in [0.2, 0.25) is 0 Å². The number of hydrogen-bond acceptors (Lipinski definition) is 0. The van der Waals surface area contributed by atoms with Crippen LogP contribution in [0.4, 0.5) is 0 Å². The molecular formula is C11H15Y-. The van der Waals surface area contributed by atoms with Crippen molar-refractivity contribution < 1.29 is 32.7 Å². The van der Waals surface area contributed by atoms with Gasteiger partial charge in [0.1, 0.15) is 0 Å². The Morgan fingerprint density at radius 2 is 1.50 bits per heavy atom. The maximum Gasteiger partial charge on any atom is 0 e. The molecule has 0 saturated heterocycles. The molecule has 0 saturated carbocycles. The van der Waals surface area contributed by atoms with Crippen molar-refractivity contribution in [2.75, 3.05) is 0 Å². The third-order valence-corrected chi connectivity index (χ3v) is 2.04. The standard InChI is InChI=1S/C11H15.Y/c1-3-10(4-2)11-8-6-5-7-9-11;/h5-9H,3-4H2,1-2H3;/q-1;. The SMILES string of the molecule is CC[C-](CC)c1ccccc1.[Y]. The maximum absolute atomic E-state index is 2.21. The second kappa shape index (κ2) is 6.68. The van der Waals surface area contributed by atoms with Crippen LogP contribution in [0.3, 0.4) is 0 Å². The first kappa shape index (κ1) is 12.2. The van der Waals surface area contributed by atoms with Crippen LogP contribution in [-0.2, 0) is 32.7 Å². The van der Waals surface area contributed by atoms with E-state index in [-0.39, 0.29) is 32.7 Å². The van der Waals surface area contributed by atoms with Crippen molar-refractivity contribution in [2.45, 2.75) is 26.7 Å². The van der Waals surface area contributed by atoms with Gasteiger partial charge < -0.3 is 0 Å². The summed E-state index contributed by atoms with van der Waals surface area (Å²) in [5.74, 6) is 1.55. The predicted octanol–water partition coefficient (Wildman–Crippen LogP) is 3.43. The van der Waals surface area contributed by atoms with E-state index in [2.05, 4.69) is 44.2 Å². The van der Waals surface area contributed by atoms with Crippen LogP contribution < -0.4 is 0 Å². The van der Waals surface area contributed by atoms with Gasteiger partial charge in [-0.15, -0.1) is 12.1 Å². The molecule has 0 amide bonds. The minimum atomic E-state index is 0. The molecule has 0 aromatic heterocycles. The Morgan fingerprint density at radius 1 is 1.00 bits per heavy atom. The Kier molecular flexibility index (Phi) is 6.79. The Labute approximate surface area is 101 Å². The molecule has 0 aliphatic heterocycles. The predicted molar refractivity (Wildman–Crippen MR) is 49.4 cm³/mol. The first-order valence-electron chi connectivity index (χ1n) is 4.28. The molecule has 1 heteroatoms. The smallest absolute Gasteiger partial charge is 0 e. The summed E-state index contributed by atoms with van der Waals surface area (Å²) >= 11 is 0. The monoisotopic (exact) mass is 236 g/mol. The minimum absolute atomic E-state index is 0. The Hall–Kier alpha value is 0.194. The largest absolute Gasteiger partial charge is 0.189 e. The molecule has 0 bridgehead atoms. The molecule has 0 nitrogen and oxygen atoms in total. The Morgan fingerprint density at radius 3 is 1.92 bits per heavy atom. The molecule has 1 aromatic rings. The van der Waals surface area contributed by atoms with Crippen LogP contribution in [0.1, 0.15) is 32.3 Å². The summed E-state index contributed by atoms with van der Waals surface area (Å²) in [4.78, 5) is 0. The number of benzene rings is 1. The van der Waals surface area contributed by atoms with Crippen LogP contribution in [0.15, 0.2) is 30.3 Å². The zero-order chi connectivity index (χ0) is 8.10. The van der Waals surface area contributed by atoms with Gasteiger partial charge in [-0.3, -0.25) is 0 Å². The average Bonchev–Trinajstić information content (AvgIpc) is 2.09. The summed E-state index contributed by atoms with van der Waals surface area (Å²) in [5, 5.41) is 0. The zero-order valence-electron chi connectivity index (χ0n) is 7.88. The molecule has 0 atom stereocenters. The topological polar surface area (TPSA) is 0 Å². The minimum Gasteiger partial charge on any atom is -0.189 e. The summed E-state index contributed by atoms with van der Waals surface area (Å²) in [5.41, 5.74) is 1.40. The van der Waals surface area contributed by atoms with E-state index >= 15 is 0 Å². The molecule has 0 spiro atoms. The van der Waals surface area contributed by atoms with Crippen molar-refractivity contribution in [3.8, 4) is 0 Å². The fourth-order valence-corrected chi connectivity index (χ4v) is 1.33. The summed E-state index contributed by atoms with van der Waals surface area (Å²) in [6.45, 7) is 4.43. The summed E-state index contributed by atoms with van der Waals surface area (Å²) in [6, 6.07) is 10.6. The van der Waals surface area contributed by atoms with E-state index in [1.165, 1.54) is 18.4 Å². The molecule has 0 N–H and O–H groups in total. The van der Waals surface area contributed by atoms with Crippen LogP contribution in [0.5, 0.6) is 0 Å². The first-order valence-corrected chi connectivity index (χ1v) is 4.28. The second-order valence-corrected chi connectivity index (χ2v) is 2.68. The summed E-state index contributed by atoms with van der Waals surface area (Å²) < 4.78 is 0. The van der Waals surface area contributed by atoms with Gasteiger partial charge in [0, 0.05) is 32.7 Å². The molecule has 0 heterocycles. The van der Waals surface area contributed by atoms with Crippen LogP contribution in [0.2, 0.25) is 0 Å². The van der Waals surface area contributed by atoms with Gasteiger partial charge in [-0.05, 0) is 0 Å².